The molecule has 1 heterocycles. The molecule has 0 aliphatic heterocycles. The van der Waals surface area contributed by atoms with Crippen LogP contribution < -0.4 is 0 Å². The molecular weight excluding hydrogens is 294 g/mol. The van der Waals surface area contributed by atoms with Crippen molar-refractivity contribution in [3.8, 4) is 22.4 Å². The molecule has 0 radical (unpaired) electrons. The monoisotopic (exact) mass is 311 g/mol. The van der Waals surface area contributed by atoms with Crippen molar-refractivity contribution in [1.82, 2.24) is 4.98 Å². The lowest BCUT2D eigenvalue weighted by Crippen LogP contribution is -2.10. The molecule has 2 nitrogen and oxygen atoms in total. The Bertz CT molecular complexity index is 1330. The van der Waals surface area contributed by atoms with Gasteiger partial charge in [0, 0.05) is 33.7 Å². The SMILES string of the molecule is [2H]c1cc(-c2ncc3c4c(cccc24)-c2ccccc2C3=O)c([2H])c([2H])c1[2H]. The molecule has 0 saturated carbocycles. The summed E-state index contributed by atoms with van der Waals surface area (Å²) >= 11 is 0. The summed E-state index contributed by atoms with van der Waals surface area (Å²) in [5.41, 5.74) is 3.69. The van der Waals surface area contributed by atoms with Crippen LogP contribution in [0.25, 0.3) is 33.2 Å². The van der Waals surface area contributed by atoms with Crippen LogP contribution in [0.5, 0.6) is 0 Å². The first kappa shape index (κ1) is 9.78. The summed E-state index contributed by atoms with van der Waals surface area (Å²) in [6, 6.07) is 13.7. The first-order valence-corrected chi connectivity index (χ1v) is 7.62. The number of carbonyl (C=O) groups is 1. The maximum atomic E-state index is 13.0. The maximum absolute atomic E-state index is 13.0. The molecule has 0 amide bonds. The van der Waals surface area contributed by atoms with Gasteiger partial charge in [0.1, 0.15) is 0 Å². The van der Waals surface area contributed by atoms with Gasteiger partial charge in [-0.3, -0.25) is 9.78 Å². The Kier molecular flexibility index (Phi) is 1.98. The van der Waals surface area contributed by atoms with Gasteiger partial charge in [0.2, 0.25) is 0 Å². The molecule has 3 aromatic carbocycles. The number of nitrogens with zero attached hydrogens (tertiary/aromatic N) is 1. The van der Waals surface area contributed by atoms with E-state index in [4.69, 9.17) is 5.48 Å². The van der Waals surface area contributed by atoms with Crippen LogP contribution in [-0.2, 0) is 0 Å². The minimum Gasteiger partial charge on any atom is -0.289 e. The zero-order valence-electron chi connectivity index (χ0n) is 16.6. The standard InChI is InChI=1S/C22H13NO/c24-22-17-10-5-4-9-15(17)16-11-6-12-18-20(16)19(22)13-23-21(18)14-7-2-1-3-8-14/h1-13H/i1D,2D,3D,7D. The van der Waals surface area contributed by atoms with Gasteiger partial charge in [-0.15, -0.1) is 0 Å². The normalized spacial score (nSPS) is 14.6. The van der Waals surface area contributed by atoms with Crippen LogP contribution in [0.15, 0.2) is 78.9 Å². The Labute approximate surface area is 145 Å². The summed E-state index contributed by atoms with van der Waals surface area (Å²) in [6.07, 6.45) is 1.51. The fourth-order valence-electron chi connectivity index (χ4n) is 3.38. The minimum absolute atomic E-state index is 0.0895. The largest absolute Gasteiger partial charge is 0.289 e. The molecule has 24 heavy (non-hydrogen) atoms. The predicted molar refractivity (Wildman–Crippen MR) is 96.0 cm³/mol. The molecule has 0 unspecified atom stereocenters. The van der Waals surface area contributed by atoms with Crippen molar-refractivity contribution in [2.24, 2.45) is 0 Å². The summed E-state index contributed by atoms with van der Waals surface area (Å²) < 4.78 is 31.9. The first-order chi connectivity index (χ1) is 13.5. The van der Waals surface area contributed by atoms with Gasteiger partial charge < -0.3 is 0 Å². The Morgan fingerprint density at radius 1 is 0.792 bits per heavy atom. The van der Waals surface area contributed by atoms with E-state index in [-0.39, 0.29) is 30.0 Å². The predicted octanol–water partition coefficient (Wildman–Crippen LogP) is 5.11. The van der Waals surface area contributed by atoms with E-state index >= 15 is 0 Å². The van der Waals surface area contributed by atoms with E-state index in [1.54, 1.807) is 6.07 Å². The van der Waals surface area contributed by atoms with Crippen molar-refractivity contribution >= 4 is 16.6 Å². The Hall–Kier alpha value is -3.26. The molecule has 1 aliphatic carbocycles. The average Bonchev–Trinajstić information content (AvgIpc) is 2.73. The number of fused-ring (bicyclic) bond motifs is 2. The van der Waals surface area contributed by atoms with Gasteiger partial charge in [0.05, 0.1) is 11.2 Å². The number of carbonyl (C=O) groups excluding carboxylic acids is 1. The molecule has 0 saturated heterocycles. The first-order valence-electron chi connectivity index (χ1n) is 9.62. The molecule has 2 heteroatoms. The molecule has 112 valence electrons. The molecule has 0 fully saturated rings. The maximum Gasteiger partial charge on any atom is 0.195 e. The number of hydrogen-bond donors (Lipinski definition) is 0. The second-order valence-corrected chi connectivity index (χ2v) is 5.70. The van der Waals surface area contributed by atoms with E-state index in [9.17, 15) is 4.79 Å². The third-order valence-corrected chi connectivity index (χ3v) is 4.42. The Morgan fingerprint density at radius 2 is 1.62 bits per heavy atom. The van der Waals surface area contributed by atoms with Gasteiger partial charge in [-0.2, -0.15) is 0 Å². The lowest BCUT2D eigenvalue weighted by molar-refractivity contribution is 0.104. The van der Waals surface area contributed by atoms with E-state index in [2.05, 4.69) is 4.98 Å². The third-order valence-electron chi connectivity index (χ3n) is 4.42. The van der Waals surface area contributed by atoms with E-state index in [1.807, 2.05) is 36.4 Å². The van der Waals surface area contributed by atoms with Crippen LogP contribution in [0.3, 0.4) is 0 Å². The van der Waals surface area contributed by atoms with Gasteiger partial charge in [0.15, 0.2) is 5.78 Å². The highest BCUT2D eigenvalue weighted by Crippen LogP contribution is 2.41. The van der Waals surface area contributed by atoms with Crippen molar-refractivity contribution in [2.75, 3.05) is 0 Å². The van der Waals surface area contributed by atoms with Crippen molar-refractivity contribution in [2.45, 2.75) is 0 Å². The lowest BCUT2D eigenvalue weighted by Gasteiger charge is -2.20. The molecule has 5 rings (SSSR count). The topological polar surface area (TPSA) is 30.0 Å². The molecule has 0 spiro atoms. The Balaban J connectivity index is 1.90. The number of benzene rings is 3. The number of pyridine rings is 1. The van der Waals surface area contributed by atoms with Gasteiger partial charge in [-0.05, 0) is 11.1 Å². The molecular formula is C22H13NO. The number of rotatable bonds is 1. The lowest BCUT2D eigenvalue weighted by atomic mass is 9.83. The van der Waals surface area contributed by atoms with Crippen LogP contribution >= 0.6 is 0 Å². The molecule has 1 aliphatic rings. The van der Waals surface area contributed by atoms with Crippen molar-refractivity contribution in [3.05, 3.63) is 90.0 Å². The van der Waals surface area contributed by atoms with Crippen molar-refractivity contribution < 1.29 is 10.3 Å². The molecule has 0 atom stereocenters. The minimum atomic E-state index is -0.300. The highest BCUT2D eigenvalue weighted by Gasteiger charge is 2.26. The second-order valence-electron chi connectivity index (χ2n) is 5.70. The highest BCUT2D eigenvalue weighted by molar-refractivity contribution is 6.26. The summed E-state index contributed by atoms with van der Waals surface area (Å²) in [7, 11) is 0. The number of hydrogen-bond acceptors (Lipinski definition) is 2. The highest BCUT2D eigenvalue weighted by atomic mass is 16.1. The fourth-order valence-corrected chi connectivity index (χ4v) is 3.38. The second kappa shape index (κ2) is 4.87. The molecule has 0 N–H and O–H groups in total. The fraction of sp³-hybridized carbons (Fsp3) is 0. The van der Waals surface area contributed by atoms with E-state index in [1.165, 1.54) is 12.3 Å². The summed E-state index contributed by atoms with van der Waals surface area (Å²) in [6.45, 7) is 0. The van der Waals surface area contributed by atoms with E-state index in [0.29, 0.717) is 27.8 Å². The van der Waals surface area contributed by atoms with E-state index in [0.717, 1.165) is 16.5 Å². The summed E-state index contributed by atoms with van der Waals surface area (Å²) in [5, 5.41) is 1.46. The third kappa shape index (κ3) is 1.71. The van der Waals surface area contributed by atoms with Gasteiger partial charge >= 0.3 is 0 Å². The number of ketones is 1. The van der Waals surface area contributed by atoms with E-state index < -0.39 is 0 Å². The van der Waals surface area contributed by atoms with Crippen molar-refractivity contribution in [1.29, 1.82) is 0 Å². The smallest absolute Gasteiger partial charge is 0.195 e. The average molecular weight is 311 g/mol. The van der Waals surface area contributed by atoms with Crippen LogP contribution in [0.4, 0.5) is 0 Å². The number of aromatic nitrogens is 1. The molecule has 1 aromatic heterocycles. The zero-order valence-corrected chi connectivity index (χ0v) is 12.6. The summed E-state index contributed by atoms with van der Waals surface area (Å²) in [5.74, 6) is -0.0895. The van der Waals surface area contributed by atoms with Crippen LogP contribution in [0.1, 0.15) is 21.4 Å². The summed E-state index contributed by atoms with van der Waals surface area (Å²) in [4.78, 5) is 17.5. The Morgan fingerprint density at radius 3 is 2.54 bits per heavy atom. The van der Waals surface area contributed by atoms with Crippen LogP contribution in [0, 0.1) is 0 Å². The van der Waals surface area contributed by atoms with Gasteiger partial charge in [0.25, 0.3) is 0 Å². The van der Waals surface area contributed by atoms with Gasteiger partial charge in [-0.1, -0.05) is 72.7 Å². The molecule has 4 aromatic rings. The quantitative estimate of drug-likeness (QED) is 0.430. The van der Waals surface area contributed by atoms with Crippen LogP contribution in [0.2, 0.25) is 0 Å². The molecule has 0 bridgehead atoms. The van der Waals surface area contributed by atoms with Crippen molar-refractivity contribution in [3.63, 3.8) is 0 Å². The van der Waals surface area contributed by atoms with Crippen LogP contribution in [-0.4, -0.2) is 10.8 Å². The van der Waals surface area contributed by atoms with Gasteiger partial charge in [-0.25, -0.2) is 0 Å². The zero-order chi connectivity index (χ0) is 19.6.